The van der Waals surface area contributed by atoms with Gasteiger partial charge in [0.05, 0.1) is 6.54 Å². The summed E-state index contributed by atoms with van der Waals surface area (Å²) in [4.78, 5) is 4.64. The quantitative estimate of drug-likeness (QED) is 0.610. The number of benzene rings is 1. The molecule has 1 aromatic carbocycles. The zero-order valence-electron chi connectivity index (χ0n) is 14.5. The summed E-state index contributed by atoms with van der Waals surface area (Å²) in [5, 5.41) is 6.70. The highest BCUT2D eigenvalue weighted by molar-refractivity contribution is 5.79. The number of nitrogens with zero attached hydrogens (tertiary/aromatic N) is 2. The van der Waals surface area contributed by atoms with Crippen molar-refractivity contribution in [3.8, 4) is 0 Å². The maximum absolute atomic E-state index is 4.64. The molecule has 0 aliphatic rings. The van der Waals surface area contributed by atoms with Crippen molar-refractivity contribution in [1.82, 2.24) is 15.2 Å². The third-order valence-electron chi connectivity index (χ3n) is 3.79. The Balaban J connectivity index is 1.83. The maximum atomic E-state index is 4.64. The predicted molar refractivity (Wildman–Crippen MR) is 97.8 cm³/mol. The minimum absolute atomic E-state index is 0.696. The van der Waals surface area contributed by atoms with E-state index in [1.165, 1.54) is 16.7 Å². The molecule has 0 radical (unpaired) electrons. The number of hydrogen-bond acceptors (Lipinski definition) is 1. The SMILES string of the molecule is CCNC(=NCc1ccn(C)c1)NCCc1ccc(CC)cc1. The van der Waals surface area contributed by atoms with Crippen LogP contribution in [-0.2, 0) is 26.4 Å². The van der Waals surface area contributed by atoms with Crippen LogP contribution in [0.3, 0.4) is 0 Å². The molecule has 0 unspecified atom stereocenters. The summed E-state index contributed by atoms with van der Waals surface area (Å²) in [6, 6.07) is 11.0. The van der Waals surface area contributed by atoms with Crippen LogP contribution in [0.15, 0.2) is 47.7 Å². The Bertz CT molecular complexity index is 611. The van der Waals surface area contributed by atoms with Crippen LogP contribution in [-0.4, -0.2) is 23.6 Å². The van der Waals surface area contributed by atoms with Gasteiger partial charge < -0.3 is 15.2 Å². The van der Waals surface area contributed by atoms with E-state index in [1.54, 1.807) is 0 Å². The number of hydrogen-bond donors (Lipinski definition) is 2. The molecule has 0 saturated heterocycles. The summed E-state index contributed by atoms with van der Waals surface area (Å²) in [6.07, 6.45) is 6.24. The minimum atomic E-state index is 0.696. The molecule has 1 aromatic heterocycles. The molecule has 0 saturated carbocycles. The van der Waals surface area contributed by atoms with Crippen LogP contribution in [0.5, 0.6) is 0 Å². The van der Waals surface area contributed by atoms with Gasteiger partial charge in [-0.1, -0.05) is 31.2 Å². The highest BCUT2D eigenvalue weighted by Gasteiger charge is 1.99. The predicted octanol–water partition coefficient (Wildman–Crippen LogP) is 2.89. The molecule has 23 heavy (non-hydrogen) atoms. The molecule has 0 spiro atoms. The van der Waals surface area contributed by atoms with Gasteiger partial charge in [-0.15, -0.1) is 0 Å². The molecule has 4 heteroatoms. The molecule has 0 amide bonds. The Morgan fingerprint density at radius 3 is 2.35 bits per heavy atom. The van der Waals surface area contributed by atoms with Gasteiger partial charge in [0.1, 0.15) is 0 Å². The molecule has 2 aromatic rings. The van der Waals surface area contributed by atoms with Crippen molar-refractivity contribution >= 4 is 5.96 Å². The van der Waals surface area contributed by atoms with Gasteiger partial charge in [0.25, 0.3) is 0 Å². The fourth-order valence-corrected chi connectivity index (χ4v) is 2.43. The van der Waals surface area contributed by atoms with Crippen molar-refractivity contribution in [3.05, 3.63) is 59.4 Å². The van der Waals surface area contributed by atoms with Crippen LogP contribution >= 0.6 is 0 Å². The van der Waals surface area contributed by atoms with Gasteiger partial charge in [-0.2, -0.15) is 0 Å². The lowest BCUT2D eigenvalue weighted by Gasteiger charge is -2.11. The Morgan fingerprint density at radius 1 is 1.00 bits per heavy atom. The topological polar surface area (TPSA) is 41.4 Å². The fourth-order valence-electron chi connectivity index (χ4n) is 2.43. The van der Waals surface area contributed by atoms with Crippen molar-refractivity contribution < 1.29 is 0 Å². The van der Waals surface area contributed by atoms with Gasteiger partial charge in [0.15, 0.2) is 5.96 Å². The highest BCUT2D eigenvalue weighted by atomic mass is 15.2. The average molecular weight is 312 g/mol. The van der Waals surface area contributed by atoms with Gasteiger partial charge in [-0.3, -0.25) is 0 Å². The number of nitrogens with one attached hydrogen (secondary N) is 2. The number of aryl methyl sites for hydroxylation is 2. The fraction of sp³-hybridized carbons (Fsp3) is 0.421. The first-order valence-electron chi connectivity index (χ1n) is 8.42. The van der Waals surface area contributed by atoms with Gasteiger partial charge in [-0.25, -0.2) is 4.99 Å². The second-order valence-electron chi connectivity index (χ2n) is 5.73. The van der Waals surface area contributed by atoms with Crippen molar-refractivity contribution in [3.63, 3.8) is 0 Å². The largest absolute Gasteiger partial charge is 0.357 e. The molecule has 0 bridgehead atoms. The van der Waals surface area contributed by atoms with Crippen molar-refractivity contribution in [2.75, 3.05) is 13.1 Å². The summed E-state index contributed by atoms with van der Waals surface area (Å²) in [7, 11) is 2.03. The summed E-state index contributed by atoms with van der Waals surface area (Å²) < 4.78 is 2.05. The molecule has 0 aliphatic carbocycles. The molecule has 0 aliphatic heterocycles. The molecule has 0 atom stereocenters. The van der Waals surface area contributed by atoms with E-state index in [2.05, 4.69) is 66.0 Å². The zero-order valence-corrected chi connectivity index (χ0v) is 14.5. The zero-order chi connectivity index (χ0) is 16.5. The van der Waals surface area contributed by atoms with Crippen LogP contribution in [0.25, 0.3) is 0 Å². The Kier molecular flexibility index (Phi) is 6.73. The van der Waals surface area contributed by atoms with E-state index in [1.807, 2.05) is 17.8 Å². The van der Waals surface area contributed by atoms with Crippen molar-refractivity contribution in [2.24, 2.45) is 12.0 Å². The Morgan fingerprint density at radius 2 is 1.74 bits per heavy atom. The smallest absolute Gasteiger partial charge is 0.191 e. The lowest BCUT2D eigenvalue weighted by molar-refractivity contribution is 0.799. The van der Waals surface area contributed by atoms with E-state index in [9.17, 15) is 0 Å². The first kappa shape index (κ1) is 17.1. The van der Waals surface area contributed by atoms with Crippen LogP contribution in [0.4, 0.5) is 0 Å². The van der Waals surface area contributed by atoms with Crippen LogP contribution in [0.2, 0.25) is 0 Å². The Hall–Kier alpha value is -2.23. The lowest BCUT2D eigenvalue weighted by atomic mass is 10.1. The molecular formula is C19H28N4. The monoisotopic (exact) mass is 312 g/mol. The number of guanidine groups is 1. The van der Waals surface area contributed by atoms with E-state index >= 15 is 0 Å². The second kappa shape index (κ2) is 9.03. The lowest BCUT2D eigenvalue weighted by Crippen LogP contribution is -2.38. The number of aliphatic imine (C=N–C) groups is 1. The average Bonchev–Trinajstić information content (AvgIpc) is 2.99. The molecule has 1 heterocycles. The summed E-state index contributed by atoms with van der Waals surface area (Å²) in [5.74, 6) is 0.876. The third-order valence-corrected chi connectivity index (χ3v) is 3.79. The molecule has 2 rings (SSSR count). The van der Waals surface area contributed by atoms with Crippen molar-refractivity contribution in [1.29, 1.82) is 0 Å². The third kappa shape index (κ3) is 5.81. The van der Waals surface area contributed by atoms with E-state index < -0.39 is 0 Å². The molecule has 2 N–H and O–H groups in total. The van der Waals surface area contributed by atoms with E-state index in [0.717, 1.165) is 31.9 Å². The summed E-state index contributed by atoms with van der Waals surface area (Å²) in [6.45, 7) is 6.71. The van der Waals surface area contributed by atoms with E-state index in [0.29, 0.717) is 6.54 Å². The normalized spacial score (nSPS) is 11.5. The van der Waals surface area contributed by atoms with Crippen LogP contribution in [0.1, 0.15) is 30.5 Å². The minimum Gasteiger partial charge on any atom is -0.357 e. The Labute approximate surface area is 139 Å². The van der Waals surface area contributed by atoms with Gasteiger partial charge in [0, 0.05) is 32.5 Å². The van der Waals surface area contributed by atoms with E-state index in [-0.39, 0.29) is 0 Å². The number of aromatic nitrogens is 1. The number of rotatable bonds is 7. The van der Waals surface area contributed by atoms with Crippen molar-refractivity contribution in [2.45, 2.75) is 33.2 Å². The van der Waals surface area contributed by atoms with Crippen LogP contribution < -0.4 is 10.6 Å². The maximum Gasteiger partial charge on any atom is 0.191 e. The highest BCUT2D eigenvalue weighted by Crippen LogP contribution is 2.05. The molecule has 0 fully saturated rings. The molecule has 4 nitrogen and oxygen atoms in total. The van der Waals surface area contributed by atoms with Gasteiger partial charge >= 0.3 is 0 Å². The first-order chi connectivity index (χ1) is 11.2. The standard InChI is InChI=1S/C19H28N4/c1-4-16-6-8-17(9-7-16)10-12-21-19(20-5-2)22-14-18-11-13-23(3)15-18/h6-9,11,13,15H,4-5,10,12,14H2,1-3H3,(H2,20,21,22). The summed E-state index contributed by atoms with van der Waals surface area (Å²) in [5.41, 5.74) is 3.97. The first-order valence-corrected chi connectivity index (χ1v) is 8.42. The van der Waals surface area contributed by atoms with Gasteiger partial charge in [-0.05, 0) is 42.5 Å². The van der Waals surface area contributed by atoms with E-state index in [4.69, 9.17) is 0 Å². The molecular weight excluding hydrogens is 284 g/mol. The molecule has 124 valence electrons. The van der Waals surface area contributed by atoms with Crippen LogP contribution in [0, 0.1) is 0 Å². The summed E-state index contributed by atoms with van der Waals surface area (Å²) >= 11 is 0. The second-order valence-corrected chi connectivity index (χ2v) is 5.73. The van der Waals surface area contributed by atoms with Gasteiger partial charge in [0.2, 0.25) is 0 Å².